The predicted octanol–water partition coefficient (Wildman–Crippen LogP) is 3.35. The number of hydrogen-bond donors (Lipinski definition) is 2. The van der Waals surface area contributed by atoms with E-state index in [0.717, 1.165) is 47.7 Å². The average Bonchev–Trinajstić information content (AvgIpc) is 3.07. The third-order valence-corrected chi connectivity index (χ3v) is 7.28. The molecule has 3 N–H and O–H groups in total. The minimum atomic E-state index is -4.47. The summed E-state index contributed by atoms with van der Waals surface area (Å²) in [4.78, 5) is 15.3. The van der Waals surface area contributed by atoms with Gasteiger partial charge in [-0.2, -0.15) is 4.39 Å². The summed E-state index contributed by atoms with van der Waals surface area (Å²) >= 11 is 0. The van der Waals surface area contributed by atoms with Crippen LogP contribution in [0.3, 0.4) is 0 Å². The lowest BCUT2D eigenvalue weighted by Crippen LogP contribution is -2.29. The maximum absolute atomic E-state index is 15.0. The number of halogens is 3. The van der Waals surface area contributed by atoms with Gasteiger partial charge in [-0.05, 0) is 48.1 Å². The molecule has 0 aliphatic heterocycles. The smallest absolute Gasteiger partial charge is 0.408 e. The van der Waals surface area contributed by atoms with E-state index in [0.29, 0.717) is 6.42 Å². The number of hydrogen-bond acceptors (Lipinski definition) is 6. The lowest BCUT2D eigenvalue weighted by atomic mass is 9.85. The van der Waals surface area contributed by atoms with Crippen molar-refractivity contribution >= 4 is 39.3 Å². The number of oxazole rings is 1. The highest BCUT2D eigenvalue weighted by molar-refractivity contribution is 7.92. The minimum Gasteiger partial charge on any atom is -0.408 e. The Morgan fingerprint density at radius 2 is 1.94 bits per heavy atom. The van der Waals surface area contributed by atoms with Gasteiger partial charge in [0, 0.05) is 18.2 Å². The largest absolute Gasteiger partial charge is 0.420 e. The van der Waals surface area contributed by atoms with Crippen LogP contribution in [-0.4, -0.2) is 24.0 Å². The Hall–Kier alpha value is -3.28. The second-order valence-corrected chi connectivity index (χ2v) is 9.86. The van der Waals surface area contributed by atoms with Gasteiger partial charge in [0.15, 0.2) is 5.58 Å². The number of pyridine rings is 1. The average molecular weight is 523 g/mol. The Morgan fingerprint density at radius 3 is 2.71 bits per heavy atom. The number of nitrogens with one attached hydrogen (secondary N) is 1. The van der Waals surface area contributed by atoms with E-state index in [-0.39, 0.29) is 41.9 Å². The standard InChI is InChI=1S/C23H20F2N4O4S.ClH/c24-17-10-18-19(11-20(17)34(31,32)28-22-6-2-5-21(25)27-22)33-23(30)29(18)12-14-4-1-3-13-7-8-15(26)9-16(13)14;/h1-6,10-11,15H,7-9,12,26H2,(H,27,28);1H. The molecular weight excluding hydrogens is 502 g/mol. The number of nitrogens with zero attached hydrogens (tertiary/aromatic N) is 2. The van der Waals surface area contributed by atoms with Crippen LogP contribution in [-0.2, 0) is 29.4 Å². The molecule has 2 aromatic carbocycles. The second-order valence-electron chi connectivity index (χ2n) is 8.21. The molecule has 1 unspecified atom stereocenters. The second kappa shape index (κ2) is 9.40. The van der Waals surface area contributed by atoms with Crippen molar-refractivity contribution in [1.82, 2.24) is 9.55 Å². The Balaban J connectivity index is 0.00000289. The Morgan fingerprint density at radius 1 is 1.17 bits per heavy atom. The van der Waals surface area contributed by atoms with E-state index in [4.69, 9.17) is 10.2 Å². The zero-order chi connectivity index (χ0) is 24.0. The van der Waals surface area contributed by atoms with Crippen molar-refractivity contribution < 1.29 is 21.6 Å². The van der Waals surface area contributed by atoms with E-state index in [2.05, 4.69) is 4.98 Å². The number of rotatable bonds is 5. The summed E-state index contributed by atoms with van der Waals surface area (Å²) in [6.07, 6.45) is 2.40. The number of aromatic nitrogens is 2. The van der Waals surface area contributed by atoms with Gasteiger partial charge in [0.1, 0.15) is 16.5 Å². The van der Waals surface area contributed by atoms with Gasteiger partial charge in [-0.25, -0.2) is 22.6 Å². The molecule has 184 valence electrons. The number of nitrogens with two attached hydrogens (primary N) is 1. The molecule has 4 aromatic rings. The van der Waals surface area contributed by atoms with Crippen LogP contribution in [0.25, 0.3) is 11.1 Å². The molecule has 0 fully saturated rings. The van der Waals surface area contributed by atoms with E-state index in [1.165, 1.54) is 16.7 Å². The van der Waals surface area contributed by atoms with Gasteiger partial charge < -0.3 is 10.2 Å². The molecule has 0 bridgehead atoms. The molecule has 8 nitrogen and oxygen atoms in total. The summed E-state index contributed by atoms with van der Waals surface area (Å²) < 4.78 is 62.2. The molecule has 5 rings (SSSR count). The Bertz CT molecular complexity index is 1590. The lowest BCUT2D eigenvalue weighted by Gasteiger charge is -2.24. The van der Waals surface area contributed by atoms with E-state index < -0.39 is 32.4 Å². The molecule has 0 amide bonds. The van der Waals surface area contributed by atoms with Gasteiger partial charge in [0.2, 0.25) is 5.95 Å². The molecule has 0 spiro atoms. The first kappa shape index (κ1) is 24.8. The number of fused-ring (bicyclic) bond motifs is 2. The molecule has 0 radical (unpaired) electrons. The van der Waals surface area contributed by atoms with Crippen LogP contribution in [0.2, 0.25) is 0 Å². The van der Waals surface area contributed by atoms with Gasteiger partial charge in [0.05, 0.1) is 12.1 Å². The van der Waals surface area contributed by atoms with Crippen LogP contribution in [0.5, 0.6) is 0 Å². The summed E-state index contributed by atoms with van der Waals surface area (Å²) in [5, 5.41) is 0. The van der Waals surface area contributed by atoms with Crippen LogP contribution in [0.1, 0.15) is 23.1 Å². The van der Waals surface area contributed by atoms with Crippen LogP contribution < -0.4 is 16.2 Å². The van der Waals surface area contributed by atoms with Crippen LogP contribution in [0.15, 0.2) is 62.6 Å². The number of anilines is 1. The molecule has 0 saturated carbocycles. The van der Waals surface area contributed by atoms with Crippen molar-refractivity contribution in [2.75, 3.05) is 4.72 Å². The van der Waals surface area contributed by atoms with E-state index in [1.54, 1.807) is 0 Å². The molecule has 0 saturated heterocycles. The topological polar surface area (TPSA) is 120 Å². The van der Waals surface area contributed by atoms with E-state index >= 15 is 0 Å². The Kier molecular flexibility index (Phi) is 6.67. The fourth-order valence-electron chi connectivity index (χ4n) is 4.29. The van der Waals surface area contributed by atoms with Crippen molar-refractivity contribution in [1.29, 1.82) is 0 Å². The molecule has 1 atom stereocenters. The first-order chi connectivity index (χ1) is 16.2. The summed E-state index contributed by atoms with van der Waals surface area (Å²) in [5.74, 6) is -3.06. The van der Waals surface area contributed by atoms with Gasteiger partial charge in [-0.15, -0.1) is 12.4 Å². The molecule has 12 heteroatoms. The zero-order valence-electron chi connectivity index (χ0n) is 18.2. The summed E-state index contributed by atoms with van der Waals surface area (Å²) in [6.45, 7) is 0.124. The maximum Gasteiger partial charge on any atom is 0.420 e. The summed E-state index contributed by atoms with van der Waals surface area (Å²) in [6, 6.07) is 11.2. The highest BCUT2D eigenvalue weighted by Crippen LogP contribution is 2.27. The summed E-state index contributed by atoms with van der Waals surface area (Å²) in [5.41, 5.74) is 9.24. The first-order valence-electron chi connectivity index (χ1n) is 10.5. The first-order valence-corrected chi connectivity index (χ1v) is 12.0. The third kappa shape index (κ3) is 4.79. The quantitative estimate of drug-likeness (QED) is 0.388. The van der Waals surface area contributed by atoms with Crippen LogP contribution >= 0.6 is 12.4 Å². The molecule has 1 aliphatic carbocycles. The maximum atomic E-state index is 15.0. The SMILES string of the molecule is Cl.NC1CCc2cccc(Cn3c(=O)oc4cc(S(=O)(=O)Nc5cccc(F)n5)c(F)cc43)c2C1. The monoisotopic (exact) mass is 522 g/mol. The fourth-order valence-corrected chi connectivity index (χ4v) is 5.36. The number of sulfonamides is 1. The highest BCUT2D eigenvalue weighted by atomic mass is 35.5. The van der Waals surface area contributed by atoms with E-state index in [1.807, 2.05) is 22.9 Å². The van der Waals surface area contributed by atoms with Crippen molar-refractivity contribution in [3.8, 4) is 0 Å². The minimum absolute atomic E-state index is 0. The number of aryl methyl sites for hydroxylation is 1. The van der Waals surface area contributed by atoms with Gasteiger partial charge >= 0.3 is 5.76 Å². The molecule has 2 heterocycles. The van der Waals surface area contributed by atoms with Crippen LogP contribution in [0, 0.1) is 11.8 Å². The summed E-state index contributed by atoms with van der Waals surface area (Å²) in [7, 11) is -4.47. The van der Waals surface area contributed by atoms with Crippen molar-refractivity contribution in [3.63, 3.8) is 0 Å². The fraction of sp³-hybridized carbons (Fsp3) is 0.217. The van der Waals surface area contributed by atoms with E-state index in [9.17, 15) is 22.0 Å². The van der Waals surface area contributed by atoms with Crippen LogP contribution in [0.4, 0.5) is 14.6 Å². The van der Waals surface area contributed by atoms with Gasteiger partial charge in [-0.3, -0.25) is 9.29 Å². The van der Waals surface area contributed by atoms with Gasteiger partial charge in [0.25, 0.3) is 10.0 Å². The predicted molar refractivity (Wildman–Crippen MR) is 128 cm³/mol. The molecular formula is C23H21ClF2N4O4S. The molecule has 1 aliphatic rings. The highest BCUT2D eigenvalue weighted by Gasteiger charge is 2.25. The third-order valence-electron chi connectivity index (χ3n) is 5.91. The lowest BCUT2D eigenvalue weighted by molar-refractivity contribution is 0.514. The normalized spacial score (nSPS) is 15.5. The zero-order valence-corrected chi connectivity index (χ0v) is 19.8. The Labute approximate surface area is 205 Å². The molecule has 35 heavy (non-hydrogen) atoms. The number of benzene rings is 2. The van der Waals surface area contributed by atoms with Crippen molar-refractivity contribution in [2.24, 2.45) is 5.73 Å². The van der Waals surface area contributed by atoms with Crippen molar-refractivity contribution in [3.05, 3.63) is 87.5 Å². The van der Waals surface area contributed by atoms with Gasteiger partial charge in [-0.1, -0.05) is 24.3 Å². The molecule has 2 aromatic heterocycles. The van der Waals surface area contributed by atoms with Crippen molar-refractivity contribution in [2.45, 2.75) is 36.7 Å².